The van der Waals surface area contributed by atoms with E-state index in [1.54, 1.807) is 6.07 Å². The maximum atomic E-state index is 13.8. The van der Waals surface area contributed by atoms with Crippen LogP contribution < -0.4 is 15.5 Å². The Morgan fingerprint density at radius 3 is 2.61 bits per heavy atom. The van der Waals surface area contributed by atoms with Crippen LogP contribution in [0, 0.1) is 19.7 Å². The van der Waals surface area contributed by atoms with Gasteiger partial charge in [-0.2, -0.15) is 0 Å². The molecule has 0 bridgehead atoms. The SMILES string of the molecule is Cc1cc(F)ccc1N1CCc2nc(-c3cccc4[nH]cc(C)c34)nc(N3CCN(CC(N)=O)CC3)c2C1. The summed E-state index contributed by atoms with van der Waals surface area (Å²) in [5, 5.41) is 1.14. The van der Waals surface area contributed by atoms with E-state index in [1.807, 2.05) is 25.3 Å². The van der Waals surface area contributed by atoms with Crippen molar-refractivity contribution in [3.05, 3.63) is 70.8 Å². The van der Waals surface area contributed by atoms with Crippen molar-refractivity contribution >= 4 is 28.3 Å². The van der Waals surface area contributed by atoms with Crippen LogP contribution in [-0.4, -0.2) is 65.0 Å². The summed E-state index contributed by atoms with van der Waals surface area (Å²) in [4.78, 5) is 31.8. The average molecular weight is 514 g/mol. The lowest BCUT2D eigenvalue weighted by atomic mass is 10.0. The summed E-state index contributed by atoms with van der Waals surface area (Å²) in [6, 6.07) is 11.2. The van der Waals surface area contributed by atoms with Crippen molar-refractivity contribution in [3.8, 4) is 11.4 Å². The van der Waals surface area contributed by atoms with Crippen LogP contribution in [0.25, 0.3) is 22.3 Å². The number of hydrogen-bond acceptors (Lipinski definition) is 6. The van der Waals surface area contributed by atoms with Gasteiger partial charge >= 0.3 is 0 Å². The molecule has 1 amide bonds. The van der Waals surface area contributed by atoms with Crippen molar-refractivity contribution in [2.45, 2.75) is 26.8 Å². The smallest absolute Gasteiger partial charge is 0.231 e. The number of aromatic amines is 1. The fourth-order valence-electron chi connectivity index (χ4n) is 5.84. The molecule has 3 N–H and O–H groups in total. The van der Waals surface area contributed by atoms with E-state index >= 15 is 0 Å². The fraction of sp³-hybridized carbons (Fsp3) is 0.345. The molecule has 0 unspecified atom stereocenters. The number of carbonyl (C=O) groups excluding carboxylic acids is 1. The Balaban J connectivity index is 1.42. The zero-order chi connectivity index (χ0) is 26.4. The molecule has 9 heteroatoms. The number of aryl methyl sites for hydroxylation is 2. The van der Waals surface area contributed by atoms with E-state index in [4.69, 9.17) is 15.7 Å². The lowest BCUT2D eigenvalue weighted by Crippen LogP contribution is -2.49. The van der Waals surface area contributed by atoms with Crippen LogP contribution in [0.5, 0.6) is 0 Å². The molecule has 196 valence electrons. The highest BCUT2D eigenvalue weighted by atomic mass is 19.1. The van der Waals surface area contributed by atoms with Crippen LogP contribution in [0.1, 0.15) is 22.4 Å². The normalized spacial score (nSPS) is 16.2. The lowest BCUT2D eigenvalue weighted by molar-refractivity contribution is -0.119. The van der Waals surface area contributed by atoms with Crippen LogP contribution in [0.3, 0.4) is 0 Å². The highest BCUT2D eigenvalue weighted by Crippen LogP contribution is 2.35. The second-order valence-electron chi connectivity index (χ2n) is 10.3. The van der Waals surface area contributed by atoms with E-state index in [1.165, 1.54) is 6.07 Å². The number of nitrogens with zero attached hydrogens (tertiary/aromatic N) is 5. The summed E-state index contributed by atoms with van der Waals surface area (Å²) in [7, 11) is 0. The highest BCUT2D eigenvalue weighted by molar-refractivity contribution is 5.96. The van der Waals surface area contributed by atoms with Crippen molar-refractivity contribution in [2.75, 3.05) is 49.1 Å². The minimum Gasteiger partial charge on any atom is -0.369 e. The number of amides is 1. The van der Waals surface area contributed by atoms with Crippen molar-refractivity contribution in [1.29, 1.82) is 0 Å². The van der Waals surface area contributed by atoms with E-state index < -0.39 is 0 Å². The van der Waals surface area contributed by atoms with Gasteiger partial charge in [-0.1, -0.05) is 12.1 Å². The first-order valence-electron chi connectivity index (χ1n) is 13.1. The third kappa shape index (κ3) is 4.47. The maximum absolute atomic E-state index is 13.8. The third-order valence-electron chi connectivity index (χ3n) is 7.73. The molecule has 0 radical (unpaired) electrons. The summed E-state index contributed by atoms with van der Waals surface area (Å²) in [5.74, 6) is 1.15. The van der Waals surface area contributed by atoms with E-state index in [-0.39, 0.29) is 18.3 Å². The lowest BCUT2D eigenvalue weighted by Gasteiger charge is -2.38. The van der Waals surface area contributed by atoms with Crippen LogP contribution in [0.15, 0.2) is 42.6 Å². The Morgan fingerprint density at radius 2 is 1.84 bits per heavy atom. The number of aromatic nitrogens is 3. The highest BCUT2D eigenvalue weighted by Gasteiger charge is 2.29. The molecule has 2 aliphatic heterocycles. The number of benzene rings is 2. The molecule has 1 saturated heterocycles. The fourth-order valence-corrected chi connectivity index (χ4v) is 5.84. The monoisotopic (exact) mass is 513 g/mol. The van der Waals surface area contributed by atoms with Gasteiger partial charge in [0, 0.05) is 79.6 Å². The van der Waals surface area contributed by atoms with Crippen LogP contribution in [0.2, 0.25) is 0 Å². The van der Waals surface area contributed by atoms with Crippen LogP contribution in [-0.2, 0) is 17.8 Å². The van der Waals surface area contributed by atoms with Gasteiger partial charge < -0.3 is 20.5 Å². The number of anilines is 2. The number of primary amides is 1. The Morgan fingerprint density at radius 1 is 1.03 bits per heavy atom. The molecular weight excluding hydrogens is 481 g/mol. The molecule has 2 aromatic carbocycles. The summed E-state index contributed by atoms with van der Waals surface area (Å²) in [6.07, 6.45) is 2.80. The molecule has 2 aliphatic rings. The van der Waals surface area contributed by atoms with Gasteiger partial charge in [0.1, 0.15) is 11.6 Å². The summed E-state index contributed by atoms with van der Waals surface area (Å²) in [6.45, 7) is 8.76. The van der Waals surface area contributed by atoms with Crippen molar-refractivity contribution < 1.29 is 9.18 Å². The molecule has 0 spiro atoms. The van der Waals surface area contributed by atoms with Crippen LogP contribution in [0.4, 0.5) is 15.9 Å². The van der Waals surface area contributed by atoms with Gasteiger partial charge in [0.25, 0.3) is 0 Å². The Bertz CT molecular complexity index is 1520. The molecule has 0 atom stereocenters. The minimum atomic E-state index is -0.305. The number of halogens is 1. The predicted octanol–water partition coefficient (Wildman–Crippen LogP) is 3.55. The zero-order valence-corrected chi connectivity index (χ0v) is 21.8. The van der Waals surface area contributed by atoms with Gasteiger partial charge in [-0.15, -0.1) is 0 Å². The van der Waals surface area contributed by atoms with Crippen molar-refractivity contribution in [3.63, 3.8) is 0 Å². The number of nitrogens with two attached hydrogens (primary N) is 1. The van der Waals surface area contributed by atoms with Crippen LogP contribution >= 0.6 is 0 Å². The summed E-state index contributed by atoms with van der Waals surface area (Å²) >= 11 is 0. The number of hydrogen-bond donors (Lipinski definition) is 2. The topological polar surface area (TPSA) is 94.4 Å². The maximum Gasteiger partial charge on any atom is 0.231 e. The minimum absolute atomic E-state index is 0.222. The second-order valence-corrected chi connectivity index (χ2v) is 10.3. The van der Waals surface area contributed by atoms with Gasteiger partial charge in [0.05, 0.1) is 12.2 Å². The number of fused-ring (bicyclic) bond motifs is 2. The first-order valence-corrected chi connectivity index (χ1v) is 13.1. The molecule has 4 aromatic rings. The van der Waals surface area contributed by atoms with Gasteiger partial charge in [0.2, 0.25) is 5.91 Å². The van der Waals surface area contributed by atoms with E-state index in [9.17, 15) is 9.18 Å². The largest absolute Gasteiger partial charge is 0.369 e. The Hall–Kier alpha value is -3.98. The van der Waals surface area contributed by atoms with E-state index in [0.29, 0.717) is 6.54 Å². The molecular formula is C29H32FN7O. The average Bonchev–Trinajstić information content (AvgIpc) is 3.29. The molecule has 1 fully saturated rings. The molecule has 2 aromatic heterocycles. The van der Waals surface area contributed by atoms with Gasteiger partial charge in [-0.05, 0) is 49.2 Å². The number of carbonyl (C=O) groups is 1. The number of H-pyrrole nitrogens is 1. The van der Waals surface area contributed by atoms with E-state index in [2.05, 4.69) is 38.7 Å². The first kappa shape index (κ1) is 24.4. The van der Waals surface area contributed by atoms with Gasteiger partial charge in [0.15, 0.2) is 5.82 Å². The molecule has 0 saturated carbocycles. The van der Waals surface area contributed by atoms with Crippen molar-refractivity contribution in [1.82, 2.24) is 19.9 Å². The quantitative estimate of drug-likeness (QED) is 0.424. The Labute approximate surface area is 221 Å². The summed E-state index contributed by atoms with van der Waals surface area (Å²) in [5.41, 5.74) is 12.8. The Kier molecular flexibility index (Phi) is 6.23. The standard InChI is InChI=1S/C29H32FN7O/c1-18-14-20(30)6-7-25(18)37-9-8-23-22(16-37)29(36-12-10-35(11-13-36)17-26(31)38)34-28(33-23)21-4-3-5-24-27(21)19(2)15-32-24/h3-7,14-15,32H,8-13,16-17H2,1-2H3,(H2,31,38). The number of rotatable bonds is 5. The molecule has 6 rings (SSSR count). The molecule has 0 aliphatic carbocycles. The summed E-state index contributed by atoms with van der Waals surface area (Å²) < 4.78 is 13.8. The molecule has 8 nitrogen and oxygen atoms in total. The predicted molar refractivity (Wildman–Crippen MR) is 148 cm³/mol. The van der Waals surface area contributed by atoms with Crippen molar-refractivity contribution in [2.24, 2.45) is 5.73 Å². The zero-order valence-electron chi connectivity index (χ0n) is 21.8. The number of piperazine rings is 1. The second kappa shape index (κ2) is 9.72. The van der Waals surface area contributed by atoms with Gasteiger partial charge in [-0.25, -0.2) is 14.4 Å². The molecule has 38 heavy (non-hydrogen) atoms. The first-order chi connectivity index (χ1) is 18.4. The van der Waals surface area contributed by atoms with E-state index in [0.717, 1.165) is 95.3 Å². The number of nitrogens with one attached hydrogen (secondary N) is 1. The third-order valence-corrected chi connectivity index (χ3v) is 7.73. The molecule has 4 heterocycles. The van der Waals surface area contributed by atoms with Gasteiger partial charge in [-0.3, -0.25) is 9.69 Å².